The van der Waals surface area contributed by atoms with Crippen molar-refractivity contribution in [3.05, 3.63) is 0 Å². The number of aliphatic hydroxyl groups excluding tert-OH is 9. The number of hydrogen-bond acceptors (Lipinski definition) is 15. The molecular weight excluding hydrogens is 468 g/mol. The Balaban J connectivity index is 1.66. The van der Waals surface area contributed by atoms with Gasteiger partial charge in [0.1, 0.15) is 67.1 Å². The van der Waals surface area contributed by atoms with Gasteiger partial charge >= 0.3 is 0 Å². The maximum atomic E-state index is 10.4. The highest BCUT2D eigenvalue weighted by atomic mass is 16.7. The molecule has 3 saturated heterocycles. The van der Waals surface area contributed by atoms with Crippen molar-refractivity contribution in [3.63, 3.8) is 0 Å². The van der Waals surface area contributed by atoms with Gasteiger partial charge in [0.15, 0.2) is 18.9 Å². The third-order valence-electron chi connectivity index (χ3n) is 6.27. The molecule has 3 fully saturated rings. The van der Waals surface area contributed by atoms with Crippen LogP contribution in [0, 0.1) is 0 Å². The molecule has 3 aliphatic rings. The normalized spacial score (nSPS) is 52.5. The van der Waals surface area contributed by atoms with E-state index in [0.29, 0.717) is 0 Å². The Bertz CT molecular complexity index is 639. The lowest BCUT2D eigenvalue weighted by Gasteiger charge is -2.46. The van der Waals surface area contributed by atoms with E-state index in [1.807, 2.05) is 0 Å². The highest BCUT2D eigenvalue weighted by Crippen LogP contribution is 2.30. The van der Waals surface area contributed by atoms with Crippen molar-refractivity contribution in [2.24, 2.45) is 0 Å². The van der Waals surface area contributed by atoms with Crippen molar-refractivity contribution in [1.82, 2.24) is 0 Å². The minimum absolute atomic E-state index is 0.529. The number of aliphatic hydroxyl groups is 9. The molecule has 0 aromatic heterocycles. The zero-order valence-corrected chi connectivity index (χ0v) is 18.5. The molecule has 0 bridgehead atoms. The van der Waals surface area contributed by atoms with Gasteiger partial charge in [0.25, 0.3) is 0 Å². The molecule has 3 heterocycles. The molecule has 15 nitrogen and oxygen atoms in total. The molecule has 0 aromatic rings. The van der Waals surface area contributed by atoms with Crippen LogP contribution in [-0.4, -0.2) is 158 Å². The van der Waals surface area contributed by atoms with Gasteiger partial charge in [0, 0.05) is 7.11 Å². The molecule has 15 heteroatoms. The zero-order chi connectivity index (χ0) is 25.3. The van der Waals surface area contributed by atoms with Crippen molar-refractivity contribution >= 4 is 0 Å². The van der Waals surface area contributed by atoms with Gasteiger partial charge in [-0.15, -0.1) is 0 Å². The van der Waals surface area contributed by atoms with Gasteiger partial charge in [-0.1, -0.05) is 0 Å². The SMILES string of the molecule is CO[C@@H]1[C@@H](O)[C@H](O)O[C@H](C)[C@@H]1O[C@@H]1O[C@H](CO[C@@H]2O[C@H](CO)[C@@H](O)[C@H](O)[C@H]2O)[C@@H](O)[C@H](O)[C@H]1O. The van der Waals surface area contributed by atoms with E-state index in [1.165, 1.54) is 14.0 Å². The fourth-order valence-electron chi connectivity index (χ4n) is 4.18. The summed E-state index contributed by atoms with van der Waals surface area (Å²) < 4.78 is 32.2. The summed E-state index contributed by atoms with van der Waals surface area (Å²) in [6.07, 6.45) is -21.7. The molecule has 200 valence electrons. The summed E-state index contributed by atoms with van der Waals surface area (Å²) in [7, 11) is 1.27. The van der Waals surface area contributed by atoms with Crippen molar-refractivity contribution in [2.75, 3.05) is 20.3 Å². The summed E-state index contributed by atoms with van der Waals surface area (Å²) in [5.41, 5.74) is 0. The summed E-state index contributed by atoms with van der Waals surface area (Å²) in [6, 6.07) is 0. The highest BCUT2D eigenvalue weighted by molar-refractivity contribution is 4.94. The summed E-state index contributed by atoms with van der Waals surface area (Å²) in [4.78, 5) is 0. The van der Waals surface area contributed by atoms with Crippen LogP contribution in [0.5, 0.6) is 0 Å². The van der Waals surface area contributed by atoms with E-state index in [4.69, 9.17) is 28.4 Å². The van der Waals surface area contributed by atoms with Gasteiger partial charge in [-0.05, 0) is 6.92 Å². The summed E-state index contributed by atoms with van der Waals surface area (Å²) in [5, 5.41) is 89.9. The molecule has 0 unspecified atom stereocenters. The van der Waals surface area contributed by atoms with Crippen LogP contribution in [0.1, 0.15) is 6.92 Å². The second kappa shape index (κ2) is 11.6. The average Bonchev–Trinajstić information content (AvgIpc) is 2.81. The lowest BCUT2D eigenvalue weighted by atomic mass is 9.97. The number of ether oxygens (including phenoxy) is 6. The minimum Gasteiger partial charge on any atom is -0.394 e. The van der Waals surface area contributed by atoms with E-state index < -0.39 is 105 Å². The van der Waals surface area contributed by atoms with Crippen LogP contribution in [0.15, 0.2) is 0 Å². The van der Waals surface area contributed by atoms with E-state index in [-0.39, 0.29) is 0 Å². The molecule has 3 rings (SSSR count). The topological polar surface area (TPSA) is 237 Å². The van der Waals surface area contributed by atoms with Gasteiger partial charge in [-0.3, -0.25) is 0 Å². The number of methoxy groups -OCH3 is 1. The van der Waals surface area contributed by atoms with E-state index in [2.05, 4.69) is 0 Å². The Hall–Kier alpha value is -0.600. The third kappa shape index (κ3) is 5.54. The predicted octanol–water partition coefficient (Wildman–Crippen LogP) is -5.89. The first-order chi connectivity index (χ1) is 16.0. The van der Waals surface area contributed by atoms with Crippen molar-refractivity contribution in [1.29, 1.82) is 0 Å². The molecule has 9 N–H and O–H groups in total. The van der Waals surface area contributed by atoms with Crippen LogP contribution in [0.2, 0.25) is 0 Å². The van der Waals surface area contributed by atoms with E-state index in [1.54, 1.807) is 0 Å². The monoisotopic (exact) mass is 502 g/mol. The second-order valence-electron chi connectivity index (χ2n) is 8.57. The Labute approximate surface area is 194 Å². The van der Waals surface area contributed by atoms with Gasteiger partial charge < -0.3 is 74.4 Å². The number of rotatable bonds is 7. The van der Waals surface area contributed by atoms with Crippen molar-refractivity contribution in [3.8, 4) is 0 Å². The Morgan fingerprint density at radius 3 is 1.79 bits per heavy atom. The van der Waals surface area contributed by atoms with Crippen LogP contribution in [-0.2, 0) is 28.4 Å². The lowest BCUT2D eigenvalue weighted by molar-refractivity contribution is -0.360. The second-order valence-corrected chi connectivity index (χ2v) is 8.57. The summed E-state index contributed by atoms with van der Waals surface area (Å²) in [6.45, 7) is 0.322. The quantitative estimate of drug-likeness (QED) is 0.157. The first-order valence-electron chi connectivity index (χ1n) is 10.8. The van der Waals surface area contributed by atoms with E-state index in [0.717, 1.165) is 0 Å². The highest BCUT2D eigenvalue weighted by Gasteiger charge is 2.51. The molecule has 0 aliphatic carbocycles. The molecule has 0 spiro atoms. The summed E-state index contributed by atoms with van der Waals surface area (Å²) in [5.74, 6) is 0. The van der Waals surface area contributed by atoms with Crippen LogP contribution >= 0.6 is 0 Å². The van der Waals surface area contributed by atoms with E-state index >= 15 is 0 Å². The predicted molar refractivity (Wildman–Crippen MR) is 105 cm³/mol. The smallest absolute Gasteiger partial charge is 0.187 e. The molecule has 0 saturated carbocycles. The molecule has 3 aliphatic heterocycles. The maximum Gasteiger partial charge on any atom is 0.187 e. The lowest BCUT2D eigenvalue weighted by Crippen LogP contribution is -2.64. The Morgan fingerprint density at radius 1 is 0.647 bits per heavy atom. The van der Waals surface area contributed by atoms with Gasteiger partial charge in [-0.25, -0.2) is 0 Å². The Morgan fingerprint density at radius 2 is 1.21 bits per heavy atom. The van der Waals surface area contributed by atoms with Crippen LogP contribution in [0.3, 0.4) is 0 Å². The van der Waals surface area contributed by atoms with Gasteiger partial charge in [0.2, 0.25) is 0 Å². The molecule has 15 atom stereocenters. The largest absolute Gasteiger partial charge is 0.394 e. The fraction of sp³-hybridized carbons (Fsp3) is 1.00. The van der Waals surface area contributed by atoms with Crippen molar-refractivity contribution < 1.29 is 74.4 Å². The molecular formula is C19H34O15. The first kappa shape index (κ1) is 28.0. The van der Waals surface area contributed by atoms with Crippen LogP contribution in [0.4, 0.5) is 0 Å². The first-order valence-corrected chi connectivity index (χ1v) is 10.8. The van der Waals surface area contributed by atoms with Crippen LogP contribution < -0.4 is 0 Å². The zero-order valence-electron chi connectivity index (χ0n) is 18.5. The van der Waals surface area contributed by atoms with E-state index in [9.17, 15) is 46.0 Å². The van der Waals surface area contributed by atoms with Crippen molar-refractivity contribution in [2.45, 2.75) is 99.0 Å². The standard InChI is InChI=1S/C19H34O15/c1-5-15(16(29-2)14(27)17(28)31-5)34-19-13(26)11(24)9(22)7(33-19)4-30-18-12(25)10(23)8(21)6(3-20)32-18/h5-28H,3-4H2,1-2H3/t5-,6-,7-,8-,9-,10+,11+,12-,13-,14-,15+,16-,17-,18-,19+/m1/s1. The molecule has 0 amide bonds. The van der Waals surface area contributed by atoms with Crippen LogP contribution in [0.25, 0.3) is 0 Å². The maximum absolute atomic E-state index is 10.4. The Kier molecular flexibility index (Phi) is 9.57. The molecule has 0 aromatic carbocycles. The minimum atomic E-state index is -1.75. The number of hydrogen-bond donors (Lipinski definition) is 9. The molecule has 0 radical (unpaired) electrons. The third-order valence-corrected chi connectivity index (χ3v) is 6.27. The van der Waals surface area contributed by atoms with Gasteiger partial charge in [-0.2, -0.15) is 0 Å². The molecule has 34 heavy (non-hydrogen) atoms. The summed E-state index contributed by atoms with van der Waals surface area (Å²) >= 11 is 0. The van der Waals surface area contributed by atoms with Gasteiger partial charge in [0.05, 0.1) is 19.3 Å². The fourth-order valence-corrected chi connectivity index (χ4v) is 4.18. The average molecular weight is 502 g/mol.